The van der Waals surface area contributed by atoms with Crippen LogP contribution in [0.1, 0.15) is 22.5 Å². The highest BCUT2D eigenvalue weighted by Gasteiger charge is 2.32. The fraction of sp³-hybridized carbons (Fsp3) is 0.294. The summed E-state index contributed by atoms with van der Waals surface area (Å²) in [5.74, 6) is 0. The lowest BCUT2D eigenvalue weighted by Crippen LogP contribution is -2.23. The molecule has 0 aliphatic carbocycles. The van der Waals surface area contributed by atoms with Crippen LogP contribution < -0.4 is 5.56 Å². The summed E-state index contributed by atoms with van der Waals surface area (Å²) in [6.07, 6.45) is -0.991. The maximum Gasteiger partial charge on any atom is 0.416 e. The molecule has 2 aromatic heterocycles. The lowest BCUT2D eigenvalue weighted by atomic mass is 10.0. The van der Waals surface area contributed by atoms with Crippen LogP contribution in [0.2, 0.25) is 0 Å². The molecule has 0 atom stereocenters. The third-order valence-electron chi connectivity index (χ3n) is 4.18. The van der Waals surface area contributed by atoms with E-state index >= 15 is 0 Å². The van der Waals surface area contributed by atoms with E-state index in [2.05, 4.69) is 4.98 Å². The lowest BCUT2D eigenvalue weighted by Gasteiger charge is -2.13. The van der Waals surface area contributed by atoms with E-state index in [4.69, 9.17) is 0 Å². The minimum Gasteiger partial charge on any atom is -0.311 e. The van der Waals surface area contributed by atoms with Crippen LogP contribution in [-0.2, 0) is 19.1 Å². The van der Waals surface area contributed by atoms with Gasteiger partial charge < -0.3 is 4.57 Å². The molecular formula is C17H16F3N3O. The van der Waals surface area contributed by atoms with E-state index < -0.39 is 11.7 Å². The van der Waals surface area contributed by atoms with Crippen molar-refractivity contribution in [1.82, 2.24) is 14.0 Å². The molecule has 0 radical (unpaired) electrons. The third kappa shape index (κ3) is 2.81. The SMILES string of the molecule is Cc1nc2c(=O)n(CCc3ccccc3C(F)(F)F)ccn2c1C. The zero-order chi connectivity index (χ0) is 17.5. The molecule has 0 unspecified atom stereocenters. The van der Waals surface area contributed by atoms with Gasteiger partial charge in [0.15, 0.2) is 0 Å². The minimum absolute atomic E-state index is 0.116. The van der Waals surface area contributed by atoms with Gasteiger partial charge in [0.25, 0.3) is 5.56 Å². The van der Waals surface area contributed by atoms with Crippen LogP contribution in [0.3, 0.4) is 0 Å². The Balaban J connectivity index is 1.93. The van der Waals surface area contributed by atoms with Crippen LogP contribution in [-0.4, -0.2) is 14.0 Å². The average Bonchev–Trinajstić information content (AvgIpc) is 2.82. The average molecular weight is 335 g/mol. The quantitative estimate of drug-likeness (QED) is 0.736. The van der Waals surface area contributed by atoms with Gasteiger partial charge in [0.05, 0.1) is 11.3 Å². The number of imidazole rings is 1. The molecule has 0 bridgehead atoms. The summed E-state index contributed by atoms with van der Waals surface area (Å²) in [7, 11) is 0. The number of halogens is 3. The molecule has 0 spiro atoms. The Bertz CT molecular complexity index is 954. The van der Waals surface area contributed by atoms with E-state index in [0.29, 0.717) is 0 Å². The summed E-state index contributed by atoms with van der Waals surface area (Å²) in [6.45, 7) is 3.83. The van der Waals surface area contributed by atoms with Gasteiger partial charge in [-0.25, -0.2) is 4.98 Å². The van der Waals surface area contributed by atoms with Crippen LogP contribution in [0.25, 0.3) is 5.65 Å². The zero-order valence-corrected chi connectivity index (χ0v) is 13.3. The zero-order valence-electron chi connectivity index (χ0n) is 13.3. The predicted molar refractivity (Wildman–Crippen MR) is 84.1 cm³/mol. The summed E-state index contributed by atoms with van der Waals surface area (Å²) >= 11 is 0. The van der Waals surface area contributed by atoms with Gasteiger partial charge in [-0.1, -0.05) is 18.2 Å². The smallest absolute Gasteiger partial charge is 0.311 e. The summed E-state index contributed by atoms with van der Waals surface area (Å²) in [5.41, 5.74) is 1.12. The Morgan fingerprint density at radius 1 is 1.12 bits per heavy atom. The van der Waals surface area contributed by atoms with E-state index in [1.807, 2.05) is 13.8 Å². The van der Waals surface area contributed by atoms with Crippen molar-refractivity contribution >= 4 is 5.65 Å². The fourth-order valence-electron chi connectivity index (χ4n) is 2.74. The topological polar surface area (TPSA) is 39.3 Å². The molecule has 1 aromatic carbocycles. The monoisotopic (exact) mass is 335 g/mol. The van der Waals surface area contributed by atoms with Crippen molar-refractivity contribution in [2.45, 2.75) is 33.0 Å². The predicted octanol–water partition coefficient (Wildman–Crippen LogP) is 3.37. The molecule has 0 aliphatic rings. The molecule has 0 saturated carbocycles. The van der Waals surface area contributed by atoms with Crippen molar-refractivity contribution < 1.29 is 13.2 Å². The maximum absolute atomic E-state index is 13.0. The fourth-order valence-corrected chi connectivity index (χ4v) is 2.74. The standard InChI is InChI=1S/C17H16F3N3O/c1-11-12(2)23-10-9-22(16(24)15(23)21-11)8-7-13-5-3-4-6-14(13)17(18,19)20/h3-6,9-10H,7-8H2,1-2H3. The van der Waals surface area contributed by atoms with Gasteiger partial charge in [-0.05, 0) is 31.9 Å². The summed E-state index contributed by atoms with van der Waals surface area (Å²) in [6, 6.07) is 5.43. The van der Waals surface area contributed by atoms with Crippen molar-refractivity contribution in [3.63, 3.8) is 0 Å². The molecular weight excluding hydrogens is 319 g/mol. The van der Waals surface area contributed by atoms with Crippen LogP contribution in [0.15, 0.2) is 41.5 Å². The van der Waals surface area contributed by atoms with Gasteiger partial charge in [0.2, 0.25) is 5.65 Å². The molecule has 0 amide bonds. The van der Waals surface area contributed by atoms with E-state index in [9.17, 15) is 18.0 Å². The number of alkyl halides is 3. The van der Waals surface area contributed by atoms with Crippen molar-refractivity contribution in [3.8, 4) is 0 Å². The molecule has 0 saturated heterocycles. The van der Waals surface area contributed by atoms with Crippen LogP contribution in [0.5, 0.6) is 0 Å². The number of hydrogen-bond acceptors (Lipinski definition) is 2. The first-order chi connectivity index (χ1) is 11.3. The maximum atomic E-state index is 13.0. The van der Waals surface area contributed by atoms with Crippen molar-refractivity contribution in [3.05, 3.63) is 69.5 Å². The Kier molecular flexibility index (Phi) is 3.95. The van der Waals surface area contributed by atoms with Gasteiger partial charge in [-0.3, -0.25) is 9.20 Å². The molecule has 126 valence electrons. The molecule has 2 heterocycles. The minimum atomic E-state index is -4.40. The van der Waals surface area contributed by atoms with Crippen LogP contribution in [0.4, 0.5) is 13.2 Å². The van der Waals surface area contributed by atoms with E-state index in [-0.39, 0.29) is 29.7 Å². The summed E-state index contributed by atoms with van der Waals surface area (Å²) < 4.78 is 42.2. The van der Waals surface area contributed by atoms with E-state index in [1.165, 1.54) is 16.7 Å². The van der Waals surface area contributed by atoms with Crippen LogP contribution >= 0.6 is 0 Å². The number of fused-ring (bicyclic) bond motifs is 1. The summed E-state index contributed by atoms with van der Waals surface area (Å²) in [4.78, 5) is 16.7. The molecule has 7 heteroatoms. The normalized spacial score (nSPS) is 12.0. The number of hydrogen-bond donors (Lipinski definition) is 0. The molecule has 4 nitrogen and oxygen atoms in total. The van der Waals surface area contributed by atoms with Gasteiger partial charge in [-0.15, -0.1) is 0 Å². The second-order valence-electron chi connectivity index (χ2n) is 5.68. The number of benzene rings is 1. The van der Waals surface area contributed by atoms with Crippen LogP contribution in [0, 0.1) is 13.8 Å². The van der Waals surface area contributed by atoms with Gasteiger partial charge in [-0.2, -0.15) is 13.2 Å². The Labute approximate surface area is 136 Å². The number of rotatable bonds is 3. The third-order valence-corrected chi connectivity index (χ3v) is 4.18. The van der Waals surface area contributed by atoms with Gasteiger partial charge in [0, 0.05) is 24.6 Å². The molecule has 0 aliphatic heterocycles. The Morgan fingerprint density at radius 2 is 1.83 bits per heavy atom. The highest BCUT2D eigenvalue weighted by atomic mass is 19.4. The first-order valence-corrected chi connectivity index (χ1v) is 7.49. The highest BCUT2D eigenvalue weighted by molar-refractivity contribution is 5.40. The molecule has 3 aromatic rings. The number of aromatic nitrogens is 3. The Morgan fingerprint density at radius 3 is 2.54 bits per heavy atom. The van der Waals surface area contributed by atoms with E-state index in [1.54, 1.807) is 22.9 Å². The lowest BCUT2D eigenvalue weighted by molar-refractivity contribution is -0.138. The largest absolute Gasteiger partial charge is 0.416 e. The molecule has 0 N–H and O–H groups in total. The highest BCUT2D eigenvalue weighted by Crippen LogP contribution is 2.32. The Hall–Kier alpha value is -2.57. The van der Waals surface area contributed by atoms with Crippen molar-refractivity contribution in [2.75, 3.05) is 0 Å². The van der Waals surface area contributed by atoms with Crippen molar-refractivity contribution in [1.29, 1.82) is 0 Å². The molecule has 0 fully saturated rings. The second-order valence-corrected chi connectivity index (χ2v) is 5.68. The second kappa shape index (κ2) is 5.81. The first-order valence-electron chi connectivity index (χ1n) is 7.49. The van der Waals surface area contributed by atoms with E-state index in [0.717, 1.165) is 17.5 Å². The molecule has 24 heavy (non-hydrogen) atoms. The van der Waals surface area contributed by atoms with Crippen molar-refractivity contribution in [2.24, 2.45) is 0 Å². The first kappa shape index (κ1) is 16.3. The van der Waals surface area contributed by atoms with Gasteiger partial charge >= 0.3 is 6.18 Å². The molecule has 3 rings (SSSR count). The number of aryl methyl sites for hydroxylation is 4. The van der Waals surface area contributed by atoms with Gasteiger partial charge in [0.1, 0.15) is 0 Å². The summed E-state index contributed by atoms with van der Waals surface area (Å²) in [5, 5.41) is 0. The number of nitrogens with zero attached hydrogens (tertiary/aromatic N) is 3.